The minimum absolute atomic E-state index is 0.0433. The lowest BCUT2D eigenvalue weighted by Crippen LogP contribution is -2.40. The number of carboxylic acids is 1. The second-order valence-electron chi connectivity index (χ2n) is 7.04. The third-order valence-electron chi connectivity index (χ3n) is 5.09. The van der Waals surface area contributed by atoms with Gasteiger partial charge in [-0.25, -0.2) is 12.8 Å². The number of hydrogen-bond donors (Lipinski definition) is 2. The molecule has 0 fully saturated rings. The highest BCUT2D eigenvalue weighted by atomic mass is 32.2. The second kappa shape index (κ2) is 8.95. The highest BCUT2D eigenvalue weighted by Gasteiger charge is 2.28. The molecule has 0 radical (unpaired) electrons. The molecule has 0 saturated heterocycles. The van der Waals surface area contributed by atoms with Crippen LogP contribution in [0.1, 0.15) is 12.0 Å². The molecule has 9 heteroatoms. The van der Waals surface area contributed by atoms with E-state index in [2.05, 4.69) is 0 Å². The van der Waals surface area contributed by atoms with Crippen molar-refractivity contribution < 1.29 is 27.8 Å². The van der Waals surface area contributed by atoms with Crippen LogP contribution in [0.15, 0.2) is 59.6 Å². The van der Waals surface area contributed by atoms with Crippen molar-refractivity contribution in [3.05, 3.63) is 66.1 Å². The summed E-state index contributed by atoms with van der Waals surface area (Å²) in [5, 5.41) is 19.5. The summed E-state index contributed by atoms with van der Waals surface area (Å²) in [7, 11) is -2.50. The Bertz CT molecular complexity index is 1140. The first-order valence-electron chi connectivity index (χ1n) is 9.37. The Morgan fingerprint density at radius 3 is 2.47 bits per heavy atom. The summed E-state index contributed by atoms with van der Waals surface area (Å²) in [5.74, 6) is -1.49. The number of benzene rings is 2. The van der Waals surface area contributed by atoms with Gasteiger partial charge in [-0.15, -0.1) is 0 Å². The lowest BCUT2D eigenvalue weighted by atomic mass is 10.1. The summed E-state index contributed by atoms with van der Waals surface area (Å²) in [4.78, 5) is 11.2. The van der Waals surface area contributed by atoms with E-state index in [1.54, 1.807) is 6.20 Å². The van der Waals surface area contributed by atoms with Crippen molar-refractivity contribution in [2.24, 2.45) is 0 Å². The fourth-order valence-electron chi connectivity index (χ4n) is 3.51. The smallest absolute Gasteiger partial charge is 0.307 e. The zero-order valence-corrected chi connectivity index (χ0v) is 17.2. The Kier molecular flexibility index (Phi) is 6.55. The molecule has 1 heterocycles. The molecule has 0 amide bonds. The average molecular weight is 434 g/mol. The van der Waals surface area contributed by atoms with Crippen molar-refractivity contribution in [1.29, 1.82) is 0 Å². The number of fused-ring (bicyclic) bond motifs is 1. The number of para-hydroxylation sites is 1. The maximum atomic E-state index is 13.2. The number of aliphatic hydroxyl groups excluding tert-OH is 1. The van der Waals surface area contributed by atoms with Crippen LogP contribution in [-0.4, -0.2) is 53.2 Å². The first-order chi connectivity index (χ1) is 14.2. The highest BCUT2D eigenvalue weighted by Crippen LogP contribution is 2.25. The van der Waals surface area contributed by atoms with Gasteiger partial charge in [0, 0.05) is 43.3 Å². The molecule has 3 aromatic rings. The van der Waals surface area contributed by atoms with E-state index in [9.17, 15) is 27.8 Å². The third kappa shape index (κ3) is 4.53. The number of nitrogens with zero attached hydrogens (tertiary/aromatic N) is 2. The van der Waals surface area contributed by atoms with Gasteiger partial charge in [-0.1, -0.05) is 18.2 Å². The monoisotopic (exact) mass is 434 g/mol. The largest absolute Gasteiger partial charge is 0.481 e. The summed E-state index contributed by atoms with van der Waals surface area (Å²) in [5.41, 5.74) is 1.41. The zero-order chi connectivity index (χ0) is 21.9. The molecule has 0 saturated carbocycles. The molecule has 1 atom stereocenters. The lowest BCUT2D eigenvalue weighted by molar-refractivity contribution is -0.136. The predicted octanol–water partition coefficient (Wildman–Crippen LogP) is 2.48. The number of carbonyl (C=O) groups is 1. The van der Waals surface area contributed by atoms with E-state index < -0.39 is 27.9 Å². The molecule has 0 unspecified atom stereocenters. The maximum absolute atomic E-state index is 13.2. The van der Waals surface area contributed by atoms with Crippen LogP contribution in [0.2, 0.25) is 0 Å². The van der Waals surface area contributed by atoms with E-state index in [4.69, 9.17) is 0 Å². The van der Waals surface area contributed by atoms with Crippen molar-refractivity contribution in [1.82, 2.24) is 8.87 Å². The Hall–Kier alpha value is -2.75. The Labute approximate surface area is 174 Å². The van der Waals surface area contributed by atoms with Crippen LogP contribution < -0.4 is 0 Å². The molecule has 1 aromatic heterocycles. The minimum Gasteiger partial charge on any atom is -0.481 e. The molecular weight excluding hydrogens is 411 g/mol. The number of aliphatic hydroxyl groups is 1. The summed E-state index contributed by atoms with van der Waals surface area (Å²) in [6.07, 6.45) is 1.74. The Balaban J connectivity index is 1.96. The topological polar surface area (TPSA) is 99.8 Å². The molecular formula is C21H23FN2O5S. The van der Waals surface area contributed by atoms with E-state index in [-0.39, 0.29) is 30.9 Å². The van der Waals surface area contributed by atoms with Crippen molar-refractivity contribution in [3.8, 4) is 0 Å². The van der Waals surface area contributed by atoms with Crippen molar-refractivity contribution in [3.63, 3.8) is 0 Å². The number of aliphatic carboxylic acids is 1. The van der Waals surface area contributed by atoms with Crippen molar-refractivity contribution in [2.45, 2.75) is 30.3 Å². The van der Waals surface area contributed by atoms with E-state index >= 15 is 0 Å². The van der Waals surface area contributed by atoms with Crippen molar-refractivity contribution >= 4 is 26.9 Å². The standard InChI is InChI=1S/C21H23FN2O5S/c1-23(30(28,29)18-8-6-16(22)7-9-18)17(10-11-25)14-24-13-15(12-21(26)27)19-4-2-3-5-20(19)24/h2-9,13,17,25H,10-12,14H2,1H3,(H,26,27)/t17-/m1/s1. The van der Waals surface area contributed by atoms with Gasteiger partial charge in [-0.05, 0) is 42.3 Å². The quantitative estimate of drug-likeness (QED) is 0.539. The first-order valence-corrected chi connectivity index (χ1v) is 10.8. The van der Waals surface area contributed by atoms with Crippen LogP contribution in [0.3, 0.4) is 0 Å². The molecule has 2 N–H and O–H groups in total. The number of sulfonamides is 1. The molecule has 3 rings (SSSR count). The first kappa shape index (κ1) is 21.9. The van der Waals surface area contributed by atoms with Crippen LogP contribution >= 0.6 is 0 Å². The number of carboxylic acid groups (broad SMARTS) is 1. The Morgan fingerprint density at radius 1 is 1.17 bits per heavy atom. The van der Waals surface area contributed by atoms with Crippen LogP contribution in [0.5, 0.6) is 0 Å². The molecule has 160 valence electrons. The molecule has 7 nitrogen and oxygen atoms in total. The second-order valence-corrected chi connectivity index (χ2v) is 9.03. The summed E-state index contributed by atoms with van der Waals surface area (Å²) in [6, 6.07) is 11.3. The van der Waals surface area contributed by atoms with Crippen LogP contribution in [0.4, 0.5) is 4.39 Å². The van der Waals surface area contributed by atoms with E-state index in [1.165, 1.54) is 23.5 Å². The maximum Gasteiger partial charge on any atom is 0.307 e. The van der Waals surface area contributed by atoms with Gasteiger partial charge in [-0.3, -0.25) is 4.79 Å². The summed E-state index contributed by atoms with van der Waals surface area (Å²) in [6.45, 7) is -0.00720. The number of halogens is 1. The van der Waals surface area contributed by atoms with E-state index in [1.807, 2.05) is 28.8 Å². The summed E-state index contributed by atoms with van der Waals surface area (Å²) < 4.78 is 42.2. The SMILES string of the molecule is CN([C@H](CCO)Cn1cc(CC(=O)O)c2ccccc21)S(=O)(=O)c1ccc(F)cc1. The molecule has 0 aliphatic carbocycles. The van der Waals surface area contributed by atoms with E-state index in [0.29, 0.717) is 5.56 Å². The lowest BCUT2D eigenvalue weighted by Gasteiger charge is -2.28. The van der Waals surface area contributed by atoms with Crippen LogP contribution in [0.25, 0.3) is 10.9 Å². The zero-order valence-electron chi connectivity index (χ0n) is 16.4. The van der Waals surface area contributed by atoms with E-state index in [0.717, 1.165) is 23.0 Å². The van der Waals surface area contributed by atoms with Gasteiger partial charge in [0.1, 0.15) is 5.82 Å². The van der Waals surface area contributed by atoms with Gasteiger partial charge in [-0.2, -0.15) is 4.31 Å². The van der Waals surface area contributed by atoms with Crippen LogP contribution in [0, 0.1) is 5.82 Å². The number of hydrogen-bond acceptors (Lipinski definition) is 4. The Morgan fingerprint density at radius 2 is 1.83 bits per heavy atom. The fraction of sp³-hybridized carbons (Fsp3) is 0.286. The molecule has 0 aliphatic rings. The summed E-state index contributed by atoms with van der Waals surface area (Å²) >= 11 is 0. The van der Waals surface area contributed by atoms with Crippen LogP contribution in [-0.2, 0) is 27.8 Å². The van der Waals surface area contributed by atoms with Gasteiger partial charge < -0.3 is 14.8 Å². The molecule has 30 heavy (non-hydrogen) atoms. The predicted molar refractivity (Wildman–Crippen MR) is 110 cm³/mol. The average Bonchev–Trinajstić information content (AvgIpc) is 3.04. The van der Waals surface area contributed by atoms with Gasteiger partial charge in [0.25, 0.3) is 0 Å². The molecule has 2 aromatic carbocycles. The number of rotatable bonds is 9. The van der Waals surface area contributed by atoms with Crippen molar-refractivity contribution in [2.75, 3.05) is 13.7 Å². The fourth-order valence-corrected chi connectivity index (χ4v) is 4.89. The van der Waals surface area contributed by atoms with Gasteiger partial charge >= 0.3 is 5.97 Å². The normalized spacial score (nSPS) is 13.1. The van der Waals surface area contributed by atoms with Gasteiger partial charge in [0.05, 0.1) is 11.3 Å². The van der Waals surface area contributed by atoms with Gasteiger partial charge in [0.15, 0.2) is 0 Å². The highest BCUT2D eigenvalue weighted by molar-refractivity contribution is 7.89. The molecule has 0 spiro atoms. The third-order valence-corrected chi connectivity index (χ3v) is 7.01. The number of likely N-dealkylation sites (N-methyl/N-ethyl adjacent to an activating group) is 1. The van der Waals surface area contributed by atoms with Gasteiger partial charge in [0.2, 0.25) is 10.0 Å². The number of aromatic nitrogens is 1. The molecule has 0 aliphatic heterocycles. The minimum atomic E-state index is -3.91. The molecule has 0 bridgehead atoms.